The quantitative estimate of drug-likeness (QED) is 0.892. The van der Waals surface area contributed by atoms with Crippen molar-refractivity contribution in [2.45, 2.75) is 19.3 Å². The Balaban J connectivity index is 2.21. The minimum atomic E-state index is -0.737. The fourth-order valence-corrected chi connectivity index (χ4v) is 2.02. The maximum Gasteiger partial charge on any atom is 0.234 e. The first-order valence-corrected chi connectivity index (χ1v) is 6.60. The highest BCUT2D eigenvalue weighted by atomic mass is 35.5. The van der Waals surface area contributed by atoms with E-state index in [1.807, 2.05) is 26.0 Å². The highest BCUT2D eigenvalue weighted by Gasteiger charge is 2.29. The van der Waals surface area contributed by atoms with Gasteiger partial charge in [-0.2, -0.15) is 0 Å². The van der Waals surface area contributed by atoms with Crippen molar-refractivity contribution in [1.82, 2.24) is 0 Å². The minimum Gasteiger partial charge on any atom is -0.325 e. The Labute approximate surface area is 122 Å². The van der Waals surface area contributed by atoms with Crippen molar-refractivity contribution in [3.05, 3.63) is 64.9 Å². The lowest BCUT2D eigenvalue weighted by molar-refractivity contribution is -0.120. The Morgan fingerprint density at radius 3 is 2.40 bits per heavy atom. The molecule has 0 spiro atoms. The predicted molar refractivity (Wildman–Crippen MR) is 79.5 cm³/mol. The van der Waals surface area contributed by atoms with Gasteiger partial charge in [-0.25, -0.2) is 4.39 Å². The summed E-state index contributed by atoms with van der Waals surface area (Å²) in [5.74, 6) is -0.511. The Hall–Kier alpha value is -1.87. The number of carbonyl (C=O) groups excluding carboxylic acids is 1. The summed E-state index contributed by atoms with van der Waals surface area (Å²) >= 11 is 5.96. The lowest BCUT2D eigenvalue weighted by Crippen LogP contribution is -2.34. The Morgan fingerprint density at radius 2 is 1.80 bits per heavy atom. The molecular weight excluding hydrogens is 277 g/mol. The van der Waals surface area contributed by atoms with Crippen LogP contribution in [0.1, 0.15) is 19.4 Å². The van der Waals surface area contributed by atoms with Crippen LogP contribution in [0.15, 0.2) is 48.5 Å². The Kier molecular flexibility index (Phi) is 4.09. The third-order valence-electron chi connectivity index (χ3n) is 3.22. The van der Waals surface area contributed by atoms with Gasteiger partial charge in [0.1, 0.15) is 5.82 Å². The van der Waals surface area contributed by atoms with Gasteiger partial charge in [-0.05, 0) is 55.8 Å². The maximum absolute atomic E-state index is 12.8. The van der Waals surface area contributed by atoms with E-state index < -0.39 is 5.41 Å². The molecule has 0 aliphatic carbocycles. The van der Waals surface area contributed by atoms with Crippen molar-refractivity contribution >= 4 is 23.2 Å². The number of nitrogens with one attached hydrogen (secondary N) is 1. The zero-order valence-electron chi connectivity index (χ0n) is 11.3. The van der Waals surface area contributed by atoms with Gasteiger partial charge in [0.15, 0.2) is 0 Å². The van der Waals surface area contributed by atoms with Crippen molar-refractivity contribution in [3.63, 3.8) is 0 Å². The average Bonchev–Trinajstić information content (AvgIpc) is 2.41. The summed E-state index contributed by atoms with van der Waals surface area (Å²) in [6, 6.07) is 12.9. The molecule has 20 heavy (non-hydrogen) atoms. The second kappa shape index (κ2) is 5.63. The zero-order chi connectivity index (χ0) is 14.8. The molecule has 0 atom stereocenters. The second-order valence-electron chi connectivity index (χ2n) is 5.10. The molecule has 0 aromatic heterocycles. The van der Waals surface area contributed by atoms with Crippen LogP contribution in [-0.4, -0.2) is 5.91 Å². The minimum absolute atomic E-state index is 0.175. The fraction of sp³-hybridized carbons (Fsp3) is 0.188. The highest BCUT2D eigenvalue weighted by molar-refractivity contribution is 6.30. The van der Waals surface area contributed by atoms with Crippen molar-refractivity contribution in [2.75, 3.05) is 5.32 Å². The van der Waals surface area contributed by atoms with Gasteiger partial charge in [0, 0.05) is 10.7 Å². The van der Waals surface area contributed by atoms with E-state index in [1.165, 1.54) is 24.3 Å². The first-order valence-electron chi connectivity index (χ1n) is 6.22. The van der Waals surface area contributed by atoms with Crippen LogP contribution in [0.2, 0.25) is 5.02 Å². The third kappa shape index (κ3) is 3.17. The van der Waals surface area contributed by atoms with E-state index in [-0.39, 0.29) is 11.7 Å². The van der Waals surface area contributed by atoms with E-state index in [0.717, 1.165) is 5.56 Å². The summed E-state index contributed by atoms with van der Waals surface area (Å²) in [7, 11) is 0. The molecule has 1 N–H and O–H groups in total. The first-order chi connectivity index (χ1) is 9.39. The Bertz CT molecular complexity index is 623. The van der Waals surface area contributed by atoms with Crippen molar-refractivity contribution in [2.24, 2.45) is 0 Å². The smallest absolute Gasteiger partial charge is 0.234 e. The number of anilines is 1. The number of amides is 1. The summed E-state index contributed by atoms with van der Waals surface area (Å²) < 4.78 is 12.8. The molecule has 2 aromatic carbocycles. The molecule has 0 aliphatic rings. The van der Waals surface area contributed by atoms with Gasteiger partial charge in [0.2, 0.25) is 5.91 Å². The van der Waals surface area contributed by atoms with E-state index in [0.29, 0.717) is 10.7 Å². The SMILES string of the molecule is CC(C)(C(=O)Nc1ccc(F)cc1)c1cccc(Cl)c1. The zero-order valence-corrected chi connectivity index (χ0v) is 12.0. The molecule has 1 amide bonds. The molecule has 0 heterocycles. The van der Waals surface area contributed by atoms with Crippen LogP contribution in [0.3, 0.4) is 0 Å². The lowest BCUT2D eigenvalue weighted by Gasteiger charge is -2.24. The van der Waals surface area contributed by atoms with Crippen molar-refractivity contribution in [1.29, 1.82) is 0 Å². The molecule has 0 fully saturated rings. The van der Waals surface area contributed by atoms with Crippen LogP contribution in [0, 0.1) is 5.82 Å². The lowest BCUT2D eigenvalue weighted by atomic mass is 9.83. The predicted octanol–water partition coefficient (Wildman–Crippen LogP) is 4.40. The van der Waals surface area contributed by atoms with Gasteiger partial charge in [-0.3, -0.25) is 4.79 Å². The van der Waals surface area contributed by atoms with Crippen LogP contribution in [0.25, 0.3) is 0 Å². The number of carbonyl (C=O) groups is 1. The highest BCUT2D eigenvalue weighted by Crippen LogP contribution is 2.27. The van der Waals surface area contributed by atoms with Crippen LogP contribution < -0.4 is 5.32 Å². The van der Waals surface area contributed by atoms with Gasteiger partial charge in [0.05, 0.1) is 5.41 Å². The largest absolute Gasteiger partial charge is 0.325 e. The number of hydrogen-bond acceptors (Lipinski definition) is 1. The van der Waals surface area contributed by atoms with Crippen LogP contribution >= 0.6 is 11.6 Å². The average molecular weight is 292 g/mol. The van der Waals surface area contributed by atoms with Crippen LogP contribution in [-0.2, 0) is 10.2 Å². The van der Waals surface area contributed by atoms with E-state index in [2.05, 4.69) is 5.32 Å². The number of benzene rings is 2. The standard InChI is InChI=1S/C16H15ClFNO/c1-16(2,11-4-3-5-12(17)10-11)15(20)19-14-8-6-13(18)7-9-14/h3-10H,1-2H3,(H,19,20). The van der Waals surface area contributed by atoms with Crippen molar-refractivity contribution < 1.29 is 9.18 Å². The van der Waals surface area contributed by atoms with Crippen LogP contribution in [0.5, 0.6) is 0 Å². The van der Waals surface area contributed by atoms with E-state index in [1.54, 1.807) is 12.1 Å². The monoisotopic (exact) mass is 291 g/mol. The fourth-order valence-electron chi connectivity index (χ4n) is 1.83. The summed E-state index contributed by atoms with van der Waals surface area (Å²) in [4.78, 5) is 12.4. The van der Waals surface area contributed by atoms with Gasteiger partial charge in [0.25, 0.3) is 0 Å². The summed E-state index contributed by atoms with van der Waals surface area (Å²) in [5, 5.41) is 3.37. The van der Waals surface area contributed by atoms with Gasteiger partial charge in [-0.15, -0.1) is 0 Å². The normalized spacial score (nSPS) is 11.2. The van der Waals surface area contributed by atoms with E-state index in [9.17, 15) is 9.18 Å². The maximum atomic E-state index is 12.8. The molecule has 2 nitrogen and oxygen atoms in total. The molecule has 4 heteroatoms. The molecule has 2 aromatic rings. The molecule has 104 valence electrons. The second-order valence-corrected chi connectivity index (χ2v) is 5.53. The first kappa shape index (κ1) is 14.5. The van der Waals surface area contributed by atoms with Crippen LogP contribution in [0.4, 0.5) is 10.1 Å². The Morgan fingerprint density at radius 1 is 1.15 bits per heavy atom. The van der Waals surface area contributed by atoms with Gasteiger partial charge >= 0.3 is 0 Å². The summed E-state index contributed by atoms with van der Waals surface area (Å²) in [6.45, 7) is 3.63. The molecule has 0 radical (unpaired) electrons. The molecule has 0 unspecified atom stereocenters. The topological polar surface area (TPSA) is 29.1 Å². The molecule has 0 saturated heterocycles. The number of halogens is 2. The summed E-state index contributed by atoms with van der Waals surface area (Å²) in [6.07, 6.45) is 0. The van der Waals surface area contributed by atoms with Crippen molar-refractivity contribution in [3.8, 4) is 0 Å². The van der Waals surface area contributed by atoms with Gasteiger partial charge in [-0.1, -0.05) is 23.7 Å². The van der Waals surface area contributed by atoms with Gasteiger partial charge < -0.3 is 5.32 Å². The number of hydrogen-bond donors (Lipinski definition) is 1. The summed E-state index contributed by atoms with van der Waals surface area (Å²) in [5.41, 5.74) is 0.648. The molecule has 0 saturated carbocycles. The molecule has 0 aliphatic heterocycles. The number of rotatable bonds is 3. The van der Waals surface area contributed by atoms with E-state index in [4.69, 9.17) is 11.6 Å². The van der Waals surface area contributed by atoms with E-state index >= 15 is 0 Å². The molecule has 0 bridgehead atoms. The third-order valence-corrected chi connectivity index (χ3v) is 3.45. The molecule has 2 rings (SSSR count). The molecular formula is C16H15ClFNO.